The van der Waals surface area contributed by atoms with Crippen molar-refractivity contribution in [2.75, 3.05) is 5.32 Å². The number of hydrogen-bond acceptors (Lipinski definition) is 4. The zero-order valence-corrected chi connectivity index (χ0v) is 16.2. The molecule has 2 heterocycles. The topological polar surface area (TPSA) is 72.7 Å². The van der Waals surface area contributed by atoms with Crippen LogP contribution in [0.4, 0.5) is 10.1 Å². The fourth-order valence-corrected chi connectivity index (χ4v) is 3.05. The van der Waals surface area contributed by atoms with Gasteiger partial charge in [-0.25, -0.2) is 19.0 Å². The molecule has 6 nitrogen and oxygen atoms in total. The molecule has 3 rings (SSSR count). The van der Waals surface area contributed by atoms with E-state index in [0.717, 1.165) is 28.3 Å². The first kappa shape index (κ1) is 19.0. The van der Waals surface area contributed by atoms with Crippen molar-refractivity contribution in [2.45, 2.75) is 34.1 Å². The van der Waals surface area contributed by atoms with Gasteiger partial charge in [0.1, 0.15) is 5.82 Å². The van der Waals surface area contributed by atoms with E-state index in [0.29, 0.717) is 11.6 Å². The summed E-state index contributed by atoms with van der Waals surface area (Å²) in [5.74, 6) is -0.300. The largest absolute Gasteiger partial charge is 0.326 e. The number of hydrogen-bond donors (Lipinski definition) is 1. The molecule has 0 saturated heterocycles. The third kappa shape index (κ3) is 4.14. The number of rotatable bonds is 4. The summed E-state index contributed by atoms with van der Waals surface area (Å²) in [6.45, 7) is 7.50. The highest BCUT2D eigenvalue weighted by molar-refractivity contribution is 6.31. The molecular formula is C19H19ClFN5O. The van der Waals surface area contributed by atoms with Crippen LogP contribution in [0.25, 0.3) is 5.95 Å². The second-order valence-electron chi connectivity index (χ2n) is 6.37. The van der Waals surface area contributed by atoms with Crippen LogP contribution < -0.4 is 5.32 Å². The Labute approximate surface area is 161 Å². The molecule has 8 heteroatoms. The molecule has 1 N–H and O–H groups in total. The van der Waals surface area contributed by atoms with Gasteiger partial charge in [-0.1, -0.05) is 11.6 Å². The van der Waals surface area contributed by atoms with E-state index in [2.05, 4.69) is 20.4 Å². The van der Waals surface area contributed by atoms with Crippen LogP contribution in [0.15, 0.2) is 24.3 Å². The summed E-state index contributed by atoms with van der Waals surface area (Å²) in [4.78, 5) is 21.3. The van der Waals surface area contributed by atoms with Gasteiger partial charge in [-0.2, -0.15) is 5.10 Å². The minimum atomic E-state index is -0.531. The summed E-state index contributed by atoms with van der Waals surface area (Å²) in [6.07, 6.45) is 0.122. The van der Waals surface area contributed by atoms with E-state index in [4.69, 9.17) is 11.6 Å². The van der Waals surface area contributed by atoms with Gasteiger partial charge in [0.05, 0.1) is 17.1 Å². The van der Waals surface area contributed by atoms with E-state index >= 15 is 0 Å². The molecule has 0 atom stereocenters. The van der Waals surface area contributed by atoms with E-state index < -0.39 is 5.82 Å². The Morgan fingerprint density at radius 2 is 1.81 bits per heavy atom. The second kappa shape index (κ2) is 7.44. The number of carbonyl (C=O) groups is 1. The van der Waals surface area contributed by atoms with Gasteiger partial charge in [0.2, 0.25) is 5.91 Å². The zero-order chi connectivity index (χ0) is 19.7. The van der Waals surface area contributed by atoms with Crippen molar-refractivity contribution in [1.82, 2.24) is 19.7 Å². The van der Waals surface area contributed by atoms with Gasteiger partial charge in [-0.15, -0.1) is 0 Å². The standard InChI is InChI=1S/C19H19ClFN5O/c1-10-7-11(2)23-19(22-10)26-13(4)15(12(3)25-26)9-18(27)24-14-5-6-17(21)16(20)8-14/h5-8H,9H2,1-4H3,(H,24,27). The predicted octanol–water partition coefficient (Wildman–Crippen LogP) is 3.87. The molecule has 1 amide bonds. The minimum Gasteiger partial charge on any atom is -0.326 e. The molecule has 0 unspecified atom stereocenters. The molecule has 0 spiro atoms. The van der Waals surface area contributed by atoms with Crippen LogP contribution in [0.1, 0.15) is 28.3 Å². The number of halogens is 2. The van der Waals surface area contributed by atoms with E-state index in [1.807, 2.05) is 33.8 Å². The molecule has 3 aromatic rings. The molecule has 0 fully saturated rings. The lowest BCUT2D eigenvalue weighted by Gasteiger charge is -2.07. The Kier molecular flexibility index (Phi) is 5.23. The molecule has 0 bridgehead atoms. The van der Waals surface area contributed by atoms with E-state index in [1.165, 1.54) is 18.2 Å². The number of benzene rings is 1. The van der Waals surface area contributed by atoms with Gasteiger partial charge in [0.25, 0.3) is 5.95 Å². The van der Waals surface area contributed by atoms with Gasteiger partial charge >= 0.3 is 0 Å². The van der Waals surface area contributed by atoms with Crippen molar-refractivity contribution in [2.24, 2.45) is 0 Å². The first-order valence-corrected chi connectivity index (χ1v) is 8.75. The molecular weight excluding hydrogens is 369 g/mol. The predicted molar refractivity (Wildman–Crippen MR) is 102 cm³/mol. The van der Waals surface area contributed by atoms with Gasteiger partial charge in [-0.05, 0) is 52.0 Å². The Morgan fingerprint density at radius 3 is 2.44 bits per heavy atom. The zero-order valence-electron chi connectivity index (χ0n) is 15.5. The quantitative estimate of drug-likeness (QED) is 0.737. The van der Waals surface area contributed by atoms with Crippen molar-refractivity contribution >= 4 is 23.2 Å². The lowest BCUT2D eigenvalue weighted by atomic mass is 10.1. The molecule has 0 saturated carbocycles. The average Bonchev–Trinajstić information content (AvgIpc) is 2.85. The van der Waals surface area contributed by atoms with Gasteiger partial charge in [0, 0.05) is 28.3 Å². The number of aromatic nitrogens is 4. The summed E-state index contributed by atoms with van der Waals surface area (Å²) >= 11 is 5.75. The van der Waals surface area contributed by atoms with Crippen molar-refractivity contribution in [3.8, 4) is 5.95 Å². The van der Waals surface area contributed by atoms with E-state index in [1.54, 1.807) is 4.68 Å². The summed E-state index contributed by atoms with van der Waals surface area (Å²) < 4.78 is 14.9. The van der Waals surface area contributed by atoms with Crippen LogP contribution in [0.3, 0.4) is 0 Å². The number of anilines is 1. The van der Waals surface area contributed by atoms with Crippen molar-refractivity contribution < 1.29 is 9.18 Å². The van der Waals surface area contributed by atoms with Crippen molar-refractivity contribution in [3.63, 3.8) is 0 Å². The maximum atomic E-state index is 13.2. The molecule has 0 radical (unpaired) electrons. The number of aryl methyl sites for hydroxylation is 3. The molecule has 0 aliphatic carbocycles. The maximum absolute atomic E-state index is 13.2. The van der Waals surface area contributed by atoms with Gasteiger partial charge < -0.3 is 5.32 Å². The molecule has 1 aromatic carbocycles. The van der Waals surface area contributed by atoms with Crippen molar-refractivity contribution in [3.05, 3.63) is 63.4 Å². The smallest absolute Gasteiger partial charge is 0.251 e. The highest BCUT2D eigenvalue weighted by atomic mass is 35.5. The molecule has 0 aliphatic heterocycles. The Morgan fingerprint density at radius 1 is 1.15 bits per heavy atom. The van der Waals surface area contributed by atoms with Crippen LogP contribution in [0, 0.1) is 33.5 Å². The fourth-order valence-electron chi connectivity index (χ4n) is 2.87. The summed E-state index contributed by atoms with van der Waals surface area (Å²) in [5, 5.41) is 7.17. The lowest BCUT2D eigenvalue weighted by molar-refractivity contribution is -0.115. The molecule has 27 heavy (non-hydrogen) atoms. The molecule has 140 valence electrons. The third-order valence-corrected chi connectivity index (χ3v) is 4.43. The van der Waals surface area contributed by atoms with Gasteiger partial charge in [0.15, 0.2) is 0 Å². The summed E-state index contributed by atoms with van der Waals surface area (Å²) in [5.41, 5.74) is 4.44. The fraction of sp³-hybridized carbons (Fsp3) is 0.263. The highest BCUT2D eigenvalue weighted by Crippen LogP contribution is 2.21. The highest BCUT2D eigenvalue weighted by Gasteiger charge is 2.18. The molecule has 0 aliphatic rings. The summed E-state index contributed by atoms with van der Waals surface area (Å²) in [6, 6.07) is 5.94. The number of amides is 1. The molecule has 2 aromatic heterocycles. The van der Waals surface area contributed by atoms with Crippen LogP contribution in [-0.2, 0) is 11.2 Å². The van der Waals surface area contributed by atoms with E-state index in [9.17, 15) is 9.18 Å². The first-order valence-electron chi connectivity index (χ1n) is 8.37. The first-order chi connectivity index (χ1) is 12.7. The van der Waals surface area contributed by atoms with Crippen LogP contribution in [-0.4, -0.2) is 25.7 Å². The van der Waals surface area contributed by atoms with Crippen molar-refractivity contribution in [1.29, 1.82) is 0 Å². The SMILES string of the molecule is Cc1cc(C)nc(-n2nc(C)c(CC(=O)Nc3ccc(F)c(Cl)c3)c2C)n1. The number of carbonyl (C=O) groups excluding carboxylic acids is 1. The van der Waals surface area contributed by atoms with Crippen LogP contribution >= 0.6 is 11.6 Å². The lowest BCUT2D eigenvalue weighted by Crippen LogP contribution is -2.15. The Bertz CT molecular complexity index is 1010. The Hall–Kier alpha value is -2.80. The number of nitrogens with zero attached hydrogens (tertiary/aromatic N) is 4. The third-order valence-electron chi connectivity index (χ3n) is 4.14. The Balaban J connectivity index is 1.84. The maximum Gasteiger partial charge on any atom is 0.251 e. The number of nitrogens with one attached hydrogen (secondary N) is 1. The minimum absolute atomic E-state index is 0.0417. The second-order valence-corrected chi connectivity index (χ2v) is 6.77. The van der Waals surface area contributed by atoms with Crippen LogP contribution in [0.5, 0.6) is 0 Å². The van der Waals surface area contributed by atoms with Crippen LogP contribution in [0.2, 0.25) is 5.02 Å². The monoisotopic (exact) mass is 387 g/mol. The normalized spacial score (nSPS) is 10.9. The van der Waals surface area contributed by atoms with E-state index in [-0.39, 0.29) is 17.4 Å². The average molecular weight is 388 g/mol. The summed E-state index contributed by atoms with van der Waals surface area (Å²) in [7, 11) is 0. The van der Waals surface area contributed by atoms with Gasteiger partial charge in [-0.3, -0.25) is 4.79 Å².